The second-order valence-corrected chi connectivity index (χ2v) is 6.32. The normalized spacial score (nSPS) is 11.7. The molecule has 0 saturated carbocycles. The Morgan fingerprint density at radius 3 is 2.53 bits per heavy atom. The quantitative estimate of drug-likeness (QED) is 0.437. The zero-order valence-electron chi connectivity index (χ0n) is 16.9. The van der Waals surface area contributed by atoms with Crippen LogP contribution in [0, 0.1) is 11.3 Å². The summed E-state index contributed by atoms with van der Waals surface area (Å²) in [6.45, 7) is 1.51. The fraction of sp³-hybridized carbons (Fsp3) is 0.174. The maximum absolute atomic E-state index is 12.0. The standard InChI is InChI=1S/C23H21N3O4/c1-16(14-24)30-22(27)12-10-18-15-26(19-7-5-4-6-8-19)25-23(18)17-9-11-20(28-2)21(13-17)29-3/h4-13,15-16H,1-3H3/b12-10+/t16-/m1/s1. The van der Waals surface area contributed by atoms with Crippen LogP contribution in [0.3, 0.4) is 0 Å². The lowest BCUT2D eigenvalue weighted by atomic mass is 10.1. The van der Waals surface area contributed by atoms with Crippen molar-refractivity contribution < 1.29 is 19.0 Å². The number of hydrogen-bond acceptors (Lipinski definition) is 6. The predicted molar refractivity (Wildman–Crippen MR) is 112 cm³/mol. The number of esters is 1. The molecule has 152 valence electrons. The summed E-state index contributed by atoms with van der Waals surface area (Å²) in [5.74, 6) is 0.575. The lowest BCUT2D eigenvalue weighted by Gasteiger charge is -2.09. The van der Waals surface area contributed by atoms with Crippen molar-refractivity contribution in [3.05, 3.63) is 66.4 Å². The molecule has 1 atom stereocenters. The highest BCUT2D eigenvalue weighted by Crippen LogP contribution is 2.33. The van der Waals surface area contributed by atoms with E-state index in [1.54, 1.807) is 31.0 Å². The van der Waals surface area contributed by atoms with E-state index in [0.717, 1.165) is 11.3 Å². The van der Waals surface area contributed by atoms with Crippen molar-refractivity contribution in [3.8, 4) is 34.5 Å². The Morgan fingerprint density at radius 2 is 1.87 bits per heavy atom. The smallest absolute Gasteiger partial charge is 0.332 e. The minimum absolute atomic E-state index is 0.571. The minimum atomic E-state index is -0.820. The number of ether oxygens (including phenoxy) is 3. The van der Waals surface area contributed by atoms with Crippen LogP contribution in [0.4, 0.5) is 0 Å². The highest BCUT2D eigenvalue weighted by molar-refractivity contribution is 5.89. The molecule has 0 unspecified atom stereocenters. The van der Waals surface area contributed by atoms with Gasteiger partial charge in [-0.05, 0) is 43.3 Å². The van der Waals surface area contributed by atoms with E-state index in [4.69, 9.17) is 24.6 Å². The maximum atomic E-state index is 12.0. The van der Waals surface area contributed by atoms with Gasteiger partial charge in [0.15, 0.2) is 17.6 Å². The Labute approximate surface area is 174 Å². The van der Waals surface area contributed by atoms with Gasteiger partial charge in [0, 0.05) is 23.4 Å². The number of hydrogen-bond donors (Lipinski definition) is 0. The first kappa shape index (κ1) is 20.7. The molecule has 1 aromatic heterocycles. The first-order valence-corrected chi connectivity index (χ1v) is 9.21. The van der Waals surface area contributed by atoms with E-state index in [1.165, 1.54) is 13.0 Å². The summed E-state index contributed by atoms with van der Waals surface area (Å²) in [5.41, 5.74) is 3.02. The Bertz CT molecular complexity index is 1100. The van der Waals surface area contributed by atoms with Gasteiger partial charge in [-0.2, -0.15) is 10.4 Å². The minimum Gasteiger partial charge on any atom is -0.493 e. The van der Waals surface area contributed by atoms with Crippen molar-refractivity contribution in [1.82, 2.24) is 9.78 Å². The monoisotopic (exact) mass is 403 g/mol. The molecule has 7 heteroatoms. The van der Waals surface area contributed by atoms with Crippen LogP contribution in [0.5, 0.6) is 11.5 Å². The van der Waals surface area contributed by atoms with E-state index < -0.39 is 12.1 Å². The molecule has 0 amide bonds. The number of rotatable bonds is 7. The van der Waals surface area contributed by atoms with Gasteiger partial charge < -0.3 is 14.2 Å². The molecule has 0 aliphatic rings. The van der Waals surface area contributed by atoms with Crippen LogP contribution >= 0.6 is 0 Å². The second kappa shape index (κ2) is 9.43. The van der Waals surface area contributed by atoms with E-state index in [9.17, 15) is 4.79 Å². The number of nitrogens with zero attached hydrogens (tertiary/aromatic N) is 3. The zero-order valence-corrected chi connectivity index (χ0v) is 16.9. The van der Waals surface area contributed by atoms with Crippen LogP contribution in [-0.2, 0) is 9.53 Å². The average Bonchev–Trinajstić information content (AvgIpc) is 3.22. The van der Waals surface area contributed by atoms with E-state index >= 15 is 0 Å². The van der Waals surface area contributed by atoms with Gasteiger partial charge in [0.1, 0.15) is 11.8 Å². The molecule has 0 saturated heterocycles. The lowest BCUT2D eigenvalue weighted by Crippen LogP contribution is -2.10. The van der Waals surface area contributed by atoms with Gasteiger partial charge in [0.05, 0.1) is 19.9 Å². The molecule has 0 bridgehead atoms. The number of carbonyl (C=O) groups is 1. The lowest BCUT2D eigenvalue weighted by molar-refractivity contribution is -0.139. The molecule has 0 fully saturated rings. The van der Waals surface area contributed by atoms with Gasteiger partial charge in [0.25, 0.3) is 0 Å². The number of benzene rings is 2. The van der Waals surface area contributed by atoms with Gasteiger partial charge in [-0.25, -0.2) is 9.48 Å². The van der Waals surface area contributed by atoms with Crippen LogP contribution < -0.4 is 9.47 Å². The molecule has 0 N–H and O–H groups in total. The van der Waals surface area contributed by atoms with Gasteiger partial charge >= 0.3 is 5.97 Å². The molecule has 0 aliphatic heterocycles. The summed E-state index contributed by atoms with van der Waals surface area (Å²) in [4.78, 5) is 12.0. The molecule has 0 spiro atoms. The molecule has 1 heterocycles. The summed E-state index contributed by atoms with van der Waals surface area (Å²) in [6.07, 6.45) is 3.90. The number of para-hydroxylation sites is 1. The second-order valence-electron chi connectivity index (χ2n) is 6.32. The topological polar surface area (TPSA) is 86.4 Å². The van der Waals surface area contributed by atoms with E-state index in [-0.39, 0.29) is 0 Å². The van der Waals surface area contributed by atoms with Crippen LogP contribution in [-0.4, -0.2) is 36.1 Å². The Morgan fingerprint density at radius 1 is 1.13 bits per heavy atom. The van der Waals surface area contributed by atoms with Gasteiger partial charge in [-0.15, -0.1) is 0 Å². The Kier molecular flexibility index (Phi) is 6.50. The van der Waals surface area contributed by atoms with Gasteiger partial charge in [-0.3, -0.25) is 0 Å². The molecule has 0 radical (unpaired) electrons. The third-order valence-corrected chi connectivity index (χ3v) is 4.29. The third-order valence-electron chi connectivity index (χ3n) is 4.29. The Hall–Kier alpha value is -4.05. The van der Waals surface area contributed by atoms with Crippen molar-refractivity contribution in [2.75, 3.05) is 14.2 Å². The molecule has 0 aliphatic carbocycles. The molecular formula is C23H21N3O4. The van der Waals surface area contributed by atoms with Gasteiger partial charge in [-0.1, -0.05) is 18.2 Å². The summed E-state index contributed by atoms with van der Waals surface area (Å²) in [5, 5.41) is 13.5. The fourth-order valence-corrected chi connectivity index (χ4v) is 2.83. The van der Waals surface area contributed by atoms with Crippen LogP contribution in [0.2, 0.25) is 0 Å². The van der Waals surface area contributed by atoms with Crippen LogP contribution in [0.1, 0.15) is 12.5 Å². The zero-order chi connectivity index (χ0) is 21.5. The highest BCUT2D eigenvalue weighted by atomic mass is 16.5. The van der Waals surface area contributed by atoms with Crippen molar-refractivity contribution >= 4 is 12.0 Å². The number of aromatic nitrogens is 2. The van der Waals surface area contributed by atoms with Crippen molar-refractivity contribution in [1.29, 1.82) is 5.26 Å². The fourth-order valence-electron chi connectivity index (χ4n) is 2.83. The molecular weight excluding hydrogens is 382 g/mol. The summed E-state index contributed by atoms with van der Waals surface area (Å²) in [6, 6.07) is 17.0. The first-order chi connectivity index (χ1) is 14.5. The predicted octanol–water partition coefficient (Wildman–Crippen LogP) is 4.02. The number of nitriles is 1. The molecule has 7 nitrogen and oxygen atoms in total. The third kappa shape index (κ3) is 4.67. The van der Waals surface area contributed by atoms with Gasteiger partial charge in [0.2, 0.25) is 0 Å². The Balaban J connectivity index is 2.04. The summed E-state index contributed by atoms with van der Waals surface area (Å²) >= 11 is 0. The van der Waals surface area contributed by atoms with Crippen LogP contribution in [0.25, 0.3) is 23.0 Å². The van der Waals surface area contributed by atoms with Crippen molar-refractivity contribution in [2.24, 2.45) is 0 Å². The summed E-state index contributed by atoms with van der Waals surface area (Å²) in [7, 11) is 3.14. The average molecular weight is 403 g/mol. The largest absolute Gasteiger partial charge is 0.493 e. The van der Waals surface area contributed by atoms with Crippen molar-refractivity contribution in [2.45, 2.75) is 13.0 Å². The highest BCUT2D eigenvalue weighted by Gasteiger charge is 2.14. The number of carbonyl (C=O) groups excluding carboxylic acids is 1. The molecule has 3 aromatic rings. The molecule has 30 heavy (non-hydrogen) atoms. The maximum Gasteiger partial charge on any atom is 0.332 e. The van der Waals surface area contributed by atoms with Crippen LogP contribution in [0.15, 0.2) is 60.8 Å². The SMILES string of the molecule is COc1ccc(-c2nn(-c3ccccc3)cc2/C=C/C(=O)O[C@H](C)C#N)cc1OC. The first-order valence-electron chi connectivity index (χ1n) is 9.21. The van der Waals surface area contributed by atoms with E-state index in [1.807, 2.05) is 54.7 Å². The van der Waals surface area contributed by atoms with Crippen molar-refractivity contribution in [3.63, 3.8) is 0 Å². The molecule has 3 rings (SSSR count). The summed E-state index contributed by atoms with van der Waals surface area (Å²) < 4.78 is 17.4. The molecule has 2 aromatic carbocycles. The van der Waals surface area contributed by atoms with E-state index in [2.05, 4.69) is 0 Å². The number of methoxy groups -OCH3 is 2. The van der Waals surface area contributed by atoms with E-state index in [0.29, 0.717) is 22.8 Å².